The molecule has 1 aliphatic rings. The minimum Gasteiger partial charge on any atom is -0.380 e. The lowest BCUT2D eigenvalue weighted by atomic mass is 9.98. The summed E-state index contributed by atoms with van der Waals surface area (Å²) in [5.41, 5.74) is 3.39. The van der Waals surface area contributed by atoms with E-state index in [1.165, 1.54) is 11.3 Å². The quantitative estimate of drug-likeness (QED) is 0.814. The van der Waals surface area contributed by atoms with Gasteiger partial charge in [0.25, 0.3) is 0 Å². The van der Waals surface area contributed by atoms with Gasteiger partial charge in [0.15, 0.2) is 0 Å². The lowest BCUT2D eigenvalue weighted by Crippen LogP contribution is -2.40. The van der Waals surface area contributed by atoms with E-state index >= 15 is 0 Å². The number of para-hydroxylation sites is 1. The lowest BCUT2D eigenvalue weighted by molar-refractivity contribution is 0.251. The van der Waals surface area contributed by atoms with E-state index in [-0.39, 0.29) is 12.1 Å². The number of carbonyl (C=O) groups excluding carboxylic acids is 1. The molecule has 1 aliphatic heterocycles. The van der Waals surface area contributed by atoms with Crippen LogP contribution in [-0.4, -0.2) is 28.4 Å². The highest BCUT2D eigenvalue weighted by Crippen LogP contribution is 2.23. The summed E-state index contributed by atoms with van der Waals surface area (Å²) in [6.07, 6.45) is 2.06. The van der Waals surface area contributed by atoms with Gasteiger partial charge in [0.05, 0.1) is 5.69 Å². The number of fused-ring (bicyclic) bond motifs is 1. The van der Waals surface area contributed by atoms with Gasteiger partial charge in [-0.25, -0.2) is 4.79 Å². The number of hydrogen-bond acceptors (Lipinski definition) is 3. The molecule has 0 saturated carbocycles. The molecule has 2 heterocycles. The number of urea groups is 1. The Morgan fingerprint density at radius 2 is 2.27 bits per heavy atom. The second-order valence-corrected chi connectivity index (χ2v) is 5.67. The van der Waals surface area contributed by atoms with Crippen molar-refractivity contribution in [2.45, 2.75) is 25.8 Å². The zero-order valence-electron chi connectivity index (χ0n) is 12.9. The van der Waals surface area contributed by atoms with Crippen molar-refractivity contribution in [3.05, 3.63) is 41.6 Å². The maximum Gasteiger partial charge on any atom is 0.320 e. The number of carbonyl (C=O) groups is 1. The van der Waals surface area contributed by atoms with Crippen molar-refractivity contribution in [1.29, 1.82) is 0 Å². The highest BCUT2D eigenvalue weighted by molar-refractivity contribution is 5.88. The van der Waals surface area contributed by atoms with E-state index in [1.54, 1.807) is 4.68 Å². The Hall–Kier alpha value is -2.50. The molecule has 116 valence electrons. The van der Waals surface area contributed by atoms with Gasteiger partial charge in [0, 0.05) is 31.4 Å². The molecule has 0 spiro atoms. The van der Waals surface area contributed by atoms with E-state index in [0.717, 1.165) is 18.5 Å². The average Bonchev–Trinajstić information content (AvgIpc) is 2.82. The summed E-state index contributed by atoms with van der Waals surface area (Å²) in [6.45, 7) is 2.49. The largest absolute Gasteiger partial charge is 0.380 e. The minimum absolute atomic E-state index is 0.205. The van der Waals surface area contributed by atoms with Gasteiger partial charge < -0.3 is 10.6 Å². The molecule has 0 radical (unpaired) electrons. The molecule has 22 heavy (non-hydrogen) atoms. The van der Waals surface area contributed by atoms with Crippen molar-refractivity contribution in [2.24, 2.45) is 7.05 Å². The summed E-state index contributed by atoms with van der Waals surface area (Å²) in [5, 5.41) is 13.4. The van der Waals surface area contributed by atoms with Crippen LogP contribution in [0.4, 0.5) is 16.3 Å². The molecule has 3 N–H and O–H groups in total. The summed E-state index contributed by atoms with van der Waals surface area (Å²) in [7, 11) is 1.81. The summed E-state index contributed by atoms with van der Waals surface area (Å²) in [5.74, 6) is 0.692. The van der Waals surface area contributed by atoms with Crippen LogP contribution >= 0.6 is 0 Å². The van der Waals surface area contributed by atoms with Gasteiger partial charge in [-0.3, -0.25) is 10.00 Å². The Bertz CT molecular complexity index is 679. The number of anilines is 2. The van der Waals surface area contributed by atoms with Gasteiger partial charge >= 0.3 is 6.03 Å². The average molecular weight is 299 g/mol. The van der Waals surface area contributed by atoms with Crippen molar-refractivity contribution in [1.82, 2.24) is 15.1 Å². The zero-order valence-corrected chi connectivity index (χ0v) is 12.9. The first-order chi connectivity index (χ1) is 10.6. The summed E-state index contributed by atoms with van der Waals surface area (Å²) in [6, 6.07) is 10.2. The first kappa shape index (κ1) is 14.4. The third kappa shape index (κ3) is 3.21. The Morgan fingerprint density at radius 1 is 1.45 bits per heavy atom. The van der Waals surface area contributed by atoms with Gasteiger partial charge in [-0.1, -0.05) is 18.2 Å². The third-order valence-corrected chi connectivity index (χ3v) is 3.89. The standard InChI is InChI=1S/C16H21N5O/c1-11-9-15(21(2)20-11)19-16(22)17-10-13-8-7-12-5-3-4-6-14(12)18-13/h3-6,9,13,18H,7-8,10H2,1-2H3,(H2,17,19,22)/t13-/m1/s1. The maximum absolute atomic E-state index is 12.0. The van der Waals surface area contributed by atoms with Crippen LogP contribution in [0.3, 0.4) is 0 Å². The fourth-order valence-electron chi connectivity index (χ4n) is 2.76. The molecular formula is C16H21N5O. The van der Waals surface area contributed by atoms with E-state index in [0.29, 0.717) is 12.4 Å². The normalized spacial score (nSPS) is 16.5. The van der Waals surface area contributed by atoms with Crippen molar-refractivity contribution in [3.8, 4) is 0 Å². The highest BCUT2D eigenvalue weighted by Gasteiger charge is 2.17. The van der Waals surface area contributed by atoms with Gasteiger partial charge in [-0.05, 0) is 31.4 Å². The van der Waals surface area contributed by atoms with Crippen LogP contribution in [-0.2, 0) is 13.5 Å². The molecule has 2 aromatic rings. The van der Waals surface area contributed by atoms with Crippen LogP contribution in [0.15, 0.2) is 30.3 Å². The fraction of sp³-hybridized carbons (Fsp3) is 0.375. The number of amides is 2. The Labute approximate surface area is 129 Å². The molecule has 1 atom stereocenters. The molecule has 1 aromatic carbocycles. The number of aromatic nitrogens is 2. The van der Waals surface area contributed by atoms with Crippen LogP contribution < -0.4 is 16.0 Å². The minimum atomic E-state index is -0.205. The van der Waals surface area contributed by atoms with Gasteiger partial charge in [-0.15, -0.1) is 0 Å². The van der Waals surface area contributed by atoms with E-state index in [4.69, 9.17) is 0 Å². The second kappa shape index (κ2) is 6.09. The molecule has 0 aliphatic carbocycles. The molecule has 6 heteroatoms. The van der Waals surface area contributed by atoms with Gasteiger partial charge in [0.2, 0.25) is 0 Å². The topological polar surface area (TPSA) is 71.0 Å². The molecular weight excluding hydrogens is 278 g/mol. The second-order valence-electron chi connectivity index (χ2n) is 5.67. The van der Waals surface area contributed by atoms with E-state index in [9.17, 15) is 4.79 Å². The zero-order chi connectivity index (χ0) is 15.5. The van der Waals surface area contributed by atoms with Crippen molar-refractivity contribution < 1.29 is 4.79 Å². The number of rotatable bonds is 3. The molecule has 0 fully saturated rings. The Kier molecular flexibility index (Phi) is 4.00. The molecule has 0 bridgehead atoms. The molecule has 1 aromatic heterocycles. The molecule has 2 amide bonds. The highest BCUT2D eigenvalue weighted by atomic mass is 16.2. The fourth-order valence-corrected chi connectivity index (χ4v) is 2.76. The van der Waals surface area contributed by atoms with Crippen LogP contribution in [0.25, 0.3) is 0 Å². The summed E-state index contributed by atoms with van der Waals surface area (Å²) >= 11 is 0. The molecule has 0 unspecified atom stereocenters. The number of benzene rings is 1. The van der Waals surface area contributed by atoms with Crippen LogP contribution in [0, 0.1) is 6.92 Å². The predicted octanol–water partition coefficient (Wildman–Crippen LogP) is 2.28. The Balaban J connectivity index is 1.51. The van der Waals surface area contributed by atoms with E-state index in [2.05, 4.69) is 39.2 Å². The van der Waals surface area contributed by atoms with Crippen molar-refractivity contribution in [2.75, 3.05) is 17.2 Å². The van der Waals surface area contributed by atoms with Crippen LogP contribution in [0.2, 0.25) is 0 Å². The Morgan fingerprint density at radius 3 is 3.05 bits per heavy atom. The van der Waals surface area contributed by atoms with E-state index < -0.39 is 0 Å². The summed E-state index contributed by atoms with van der Waals surface area (Å²) < 4.78 is 1.66. The van der Waals surface area contributed by atoms with Crippen molar-refractivity contribution >= 4 is 17.5 Å². The monoisotopic (exact) mass is 299 g/mol. The lowest BCUT2D eigenvalue weighted by Gasteiger charge is -2.27. The van der Waals surface area contributed by atoms with Crippen LogP contribution in [0.1, 0.15) is 17.7 Å². The number of nitrogens with one attached hydrogen (secondary N) is 3. The first-order valence-electron chi connectivity index (χ1n) is 7.52. The SMILES string of the molecule is Cc1cc(NC(=O)NC[C@H]2CCc3ccccc3N2)n(C)n1. The molecule has 6 nitrogen and oxygen atoms in total. The number of nitrogens with zero attached hydrogens (tertiary/aromatic N) is 2. The predicted molar refractivity (Wildman–Crippen MR) is 87.1 cm³/mol. The van der Waals surface area contributed by atoms with Crippen molar-refractivity contribution in [3.63, 3.8) is 0 Å². The van der Waals surface area contributed by atoms with Gasteiger partial charge in [-0.2, -0.15) is 5.10 Å². The number of hydrogen-bond donors (Lipinski definition) is 3. The molecule has 0 saturated heterocycles. The summed E-state index contributed by atoms with van der Waals surface area (Å²) in [4.78, 5) is 12.0. The molecule has 3 rings (SSSR count). The maximum atomic E-state index is 12.0. The van der Waals surface area contributed by atoms with Crippen LogP contribution in [0.5, 0.6) is 0 Å². The van der Waals surface area contributed by atoms with Gasteiger partial charge in [0.1, 0.15) is 5.82 Å². The first-order valence-corrected chi connectivity index (χ1v) is 7.52. The smallest absolute Gasteiger partial charge is 0.320 e. The number of aryl methyl sites for hydroxylation is 3. The van der Waals surface area contributed by atoms with E-state index in [1.807, 2.05) is 26.1 Å². The third-order valence-electron chi connectivity index (χ3n) is 3.89.